The second-order valence-electron chi connectivity index (χ2n) is 4.70. The second-order valence-corrected chi connectivity index (χ2v) is 7.03. The van der Waals surface area contributed by atoms with Crippen molar-refractivity contribution in [2.24, 2.45) is 0 Å². The average molecular weight is 283 g/mol. The molecule has 1 aromatic heterocycles. The predicted molar refractivity (Wildman–Crippen MR) is 72.2 cm³/mol. The summed E-state index contributed by atoms with van der Waals surface area (Å²) in [5.74, 6) is 0.516. The van der Waals surface area contributed by atoms with E-state index in [1.54, 1.807) is 29.4 Å². The summed E-state index contributed by atoms with van der Waals surface area (Å²) in [5.41, 5.74) is 0. The van der Waals surface area contributed by atoms with Crippen LogP contribution in [-0.2, 0) is 14.6 Å². The summed E-state index contributed by atoms with van der Waals surface area (Å²) in [4.78, 5) is 13.6. The summed E-state index contributed by atoms with van der Waals surface area (Å²) < 4.78 is 27.9. The first-order chi connectivity index (χ1) is 8.97. The van der Waals surface area contributed by atoms with Crippen LogP contribution in [0.2, 0.25) is 0 Å². The Bertz CT molecular complexity index is 551. The van der Waals surface area contributed by atoms with Gasteiger partial charge in [-0.3, -0.25) is 4.79 Å². The highest BCUT2D eigenvalue weighted by Crippen LogP contribution is 2.17. The van der Waals surface area contributed by atoms with Crippen LogP contribution in [0.1, 0.15) is 18.6 Å². The molecule has 1 amide bonds. The van der Waals surface area contributed by atoms with E-state index in [0.29, 0.717) is 31.7 Å². The number of amides is 1. The van der Waals surface area contributed by atoms with Crippen LogP contribution >= 0.6 is 0 Å². The molecule has 0 aromatic carbocycles. The minimum atomic E-state index is -2.99. The first kappa shape index (κ1) is 13.9. The van der Waals surface area contributed by atoms with E-state index in [4.69, 9.17) is 4.42 Å². The lowest BCUT2D eigenvalue weighted by molar-refractivity contribution is -0.126. The van der Waals surface area contributed by atoms with Crippen molar-refractivity contribution in [2.75, 3.05) is 19.3 Å². The molecule has 0 bridgehead atoms. The van der Waals surface area contributed by atoms with E-state index in [1.165, 1.54) is 12.3 Å². The lowest BCUT2D eigenvalue weighted by Crippen LogP contribution is -2.41. The number of furan rings is 1. The molecule has 104 valence electrons. The lowest BCUT2D eigenvalue weighted by atomic mass is 10.1. The molecule has 2 heterocycles. The molecule has 0 radical (unpaired) electrons. The van der Waals surface area contributed by atoms with Crippen molar-refractivity contribution in [1.29, 1.82) is 0 Å². The van der Waals surface area contributed by atoms with Crippen LogP contribution in [0, 0.1) is 0 Å². The van der Waals surface area contributed by atoms with E-state index < -0.39 is 9.84 Å². The van der Waals surface area contributed by atoms with Gasteiger partial charge in [0.05, 0.1) is 11.5 Å². The van der Waals surface area contributed by atoms with E-state index >= 15 is 0 Å². The molecular weight excluding hydrogens is 266 g/mol. The lowest BCUT2D eigenvalue weighted by Gasteiger charge is -2.30. The molecule has 1 aliphatic heterocycles. The number of likely N-dealkylation sites (tertiary alicyclic amines) is 1. The van der Waals surface area contributed by atoms with Crippen LogP contribution < -0.4 is 0 Å². The van der Waals surface area contributed by atoms with Crippen LogP contribution in [0.15, 0.2) is 28.9 Å². The highest BCUT2D eigenvalue weighted by atomic mass is 32.2. The molecule has 1 aliphatic rings. The number of hydrogen-bond acceptors (Lipinski definition) is 4. The van der Waals surface area contributed by atoms with E-state index in [0.717, 1.165) is 0 Å². The fourth-order valence-electron chi connectivity index (χ4n) is 2.15. The molecule has 0 spiro atoms. The molecule has 19 heavy (non-hydrogen) atoms. The molecule has 5 nitrogen and oxygen atoms in total. The summed E-state index contributed by atoms with van der Waals surface area (Å²) in [6.07, 6.45) is 6.90. The van der Waals surface area contributed by atoms with E-state index in [2.05, 4.69) is 0 Å². The van der Waals surface area contributed by atoms with Gasteiger partial charge >= 0.3 is 0 Å². The van der Waals surface area contributed by atoms with Gasteiger partial charge in [-0.05, 0) is 31.1 Å². The Morgan fingerprint density at radius 3 is 2.63 bits per heavy atom. The summed E-state index contributed by atoms with van der Waals surface area (Å²) >= 11 is 0. The number of sulfone groups is 1. The van der Waals surface area contributed by atoms with Gasteiger partial charge < -0.3 is 9.32 Å². The number of piperidine rings is 1. The van der Waals surface area contributed by atoms with Crippen LogP contribution in [0.4, 0.5) is 0 Å². The quantitative estimate of drug-likeness (QED) is 0.785. The Hall–Kier alpha value is -1.56. The summed E-state index contributed by atoms with van der Waals surface area (Å²) in [6, 6.07) is 3.52. The molecule has 0 N–H and O–H groups in total. The van der Waals surface area contributed by atoms with Gasteiger partial charge in [-0.25, -0.2) is 8.42 Å². The molecular formula is C13H17NO4S. The van der Waals surface area contributed by atoms with Gasteiger partial charge in [0.25, 0.3) is 0 Å². The SMILES string of the molecule is CS(=O)(=O)C1CCN(C(=O)C=Cc2ccco2)CC1. The van der Waals surface area contributed by atoms with Crippen molar-refractivity contribution in [3.8, 4) is 0 Å². The summed E-state index contributed by atoms with van der Waals surface area (Å²) in [7, 11) is -2.99. The predicted octanol–water partition coefficient (Wildman–Crippen LogP) is 1.33. The third-order valence-corrected chi connectivity index (χ3v) is 4.97. The van der Waals surface area contributed by atoms with Crippen molar-refractivity contribution >= 4 is 21.8 Å². The van der Waals surface area contributed by atoms with E-state index in [1.807, 2.05) is 0 Å². The minimum absolute atomic E-state index is 0.108. The molecule has 0 saturated carbocycles. The Morgan fingerprint density at radius 1 is 1.42 bits per heavy atom. The zero-order chi connectivity index (χ0) is 13.9. The smallest absolute Gasteiger partial charge is 0.246 e. The average Bonchev–Trinajstić information content (AvgIpc) is 2.88. The highest BCUT2D eigenvalue weighted by Gasteiger charge is 2.27. The Balaban J connectivity index is 1.89. The first-order valence-corrected chi connectivity index (χ1v) is 8.11. The Morgan fingerprint density at radius 2 is 2.11 bits per heavy atom. The molecule has 6 heteroatoms. The van der Waals surface area contributed by atoms with Crippen molar-refractivity contribution in [3.63, 3.8) is 0 Å². The minimum Gasteiger partial charge on any atom is -0.465 e. The van der Waals surface area contributed by atoms with Gasteiger partial charge in [0.15, 0.2) is 0 Å². The molecule has 1 saturated heterocycles. The van der Waals surface area contributed by atoms with Crippen LogP contribution in [0.5, 0.6) is 0 Å². The fourth-order valence-corrected chi connectivity index (χ4v) is 3.22. The fraction of sp³-hybridized carbons (Fsp3) is 0.462. The van der Waals surface area contributed by atoms with Gasteiger partial charge in [-0.1, -0.05) is 0 Å². The molecule has 0 unspecified atom stereocenters. The summed E-state index contributed by atoms with van der Waals surface area (Å²) in [5, 5.41) is -0.314. The van der Waals surface area contributed by atoms with Crippen LogP contribution in [-0.4, -0.2) is 43.8 Å². The third kappa shape index (κ3) is 3.70. The number of carbonyl (C=O) groups is 1. The molecule has 0 atom stereocenters. The Kier molecular flexibility index (Phi) is 4.09. The summed E-state index contributed by atoms with van der Waals surface area (Å²) in [6.45, 7) is 0.970. The van der Waals surface area contributed by atoms with Crippen molar-refractivity contribution in [3.05, 3.63) is 30.2 Å². The number of rotatable bonds is 3. The van der Waals surface area contributed by atoms with Gasteiger partial charge in [0.2, 0.25) is 5.91 Å². The van der Waals surface area contributed by atoms with Crippen LogP contribution in [0.3, 0.4) is 0 Å². The zero-order valence-electron chi connectivity index (χ0n) is 10.8. The normalized spacial score (nSPS) is 18.1. The number of carbonyl (C=O) groups excluding carboxylic acids is 1. The highest BCUT2D eigenvalue weighted by molar-refractivity contribution is 7.91. The van der Waals surface area contributed by atoms with Crippen LogP contribution in [0.25, 0.3) is 6.08 Å². The standard InChI is InChI=1S/C13H17NO4S/c1-19(16,17)12-6-8-14(9-7-12)13(15)5-4-11-3-2-10-18-11/h2-5,10,12H,6-9H2,1H3. The zero-order valence-corrected chi connectivity index (χ0v) is 11.6. The van der Waals surface area contributed by atoms with E-state index in [9.17, 15) is 13.2 Å². The Labute approximate surface area is 112 Å². The van der Waals surface area contributed by atoms with E-state index in [-0.39, 0.29) is 11.2 Å². The maximum absolute atomic E-state index is 11.9. The molecule has 2 rings (SSSR count). The maximum atomic E-state index is 11.9. The monoisotopic (exact) mass is 283 g/mol. The van der Waals surface area contributed by atoms with Crippen molar-refractivity contribution < 1.29 is 17.6 Å². The van der Waals surface area contributed by atoms with Gasteiger partial charge in [0, 0.05) is 25.4 Å². The van der Waals surface area contributed by atoms with Gasteiger partial charge in [-0.15, -0.1) is 0 Å². The molecule has 1 fully saturated rings. The maximum Gasteiger partial charge on any atom is 0.246 e. The third-order valence-electron chi connectivity index (χ3n) is 3.29. The number of hydrogen-bond donors (Lipinski definition) is 0. The topological polar surface area (TPSA) is 67.6 Å². The molecule has 1 aromatic rings. The molecule has 0 aliphatic carbocycles. The van der Waals surface area contributed by atoms with Gasteiger partial charge in [-0.2, -0.15) is 0 Å². The van der Waals surface area contributed by atoms with Gasteiger partial charge in [0.1, 0.15) is 15.6 Å². The van der Waals surface area contributed by atoms with Crippen molar-refractivity contribution in [1.82, 2.24) is 4.90 Å². The number of nitrogens with zero attached hydrogens (tertiary/aromatic N) is 1. The van der Waals surface area contributed by atoms with Crippen molar-refractivity contribution in [2.45, 2.75) is 18.1 Å². The second kappa shape index (κ2) is 5.61. The largest absolute Gasteiger partial charge is 0.465 e. The first-order valence-electron chi connectivity index (χ1n) is 6.16.